The lowest BCUT2D eigenvalue weighted by atomic mass is 10.2. The molecule has 1 N–H and O–H groups in total. The summed E-state index contributed by atoms with van der Waals surface area (Å²) in [5.74, 6) is 0.717. The van der Waals surface area contributed by atoms with Crippen molar-refractivity contribution in [2.45, 2.75) is 26.4 Å². The van der Waals surface area contributed by atoms with E-state index < -0.39 is 17.7 Å². The fraction of sp³-hybridized carbons (Fsp3) is 0.500. The Balaban J connectivity index is 2.25. The van der Waals surface area contributed by atoms with Crippen molar-refractivity contribution < 1.29 is 28.5 Å². The molecule has 7 nitrogen and oxygen atoms in total. The number of carbonyl (C=O) groups excluding carboxylic acids is 2. The number of methoxy groups -OCH3 is 1. The molecule has 0 unspecified atom stereocenters. The van der Waals surface area contributed by atoms with Gasteiger partial charge in [-0.1, -0.05) is 0 Å². The molecule has 0 saturated carbocycles. The number of esters is 1. The molecule has 0 fully saturated rings. The lowest BCUT2D eigenvalue weighted by molar-refractivity contribution is -0.142. The SMILES string of the molecule is COC(=O)COc1ccc(OCCNC(=O)OC(C)(C)C)cc1. The van der Waals surface area contributed by atoms with Crippen molar-refractivity contribution in [2.24, 2.45) is 0 Å². The van der Waals surface area contributed by atoms with E-state index in [9.17, 15) is 9.59 Å². The number of alkyl carbamates (subject to hydrolysis) is 1. The third kappa shape index (κ3) is 8.55. The molecule has 1 aromatic rings. The average molecular weight is 325 g/mol. The molecule has 0 bridgehead atoms. The summed E-state index contributed by atoms with van der Waals surface area (Å²) in [7, 11) is 1.30. The van der Waals surface area contributed by atoms with E-state index in [1.807, 2.05) is 0 Å². The topological polar surface area (TPSA) is 83.1 Å². The van der Waals surface area contributed by atoms with Crippen molar-refractivity contribution in [1.29, 1.82) is 0 Å². The van der Waals surface area contributed by atoms with Gasteiger partial charge in [-0.2, -0.15) is 0 Å². The number of rotatable bonds is 7. The van der Waals surface area contributed by atoms with Crippen molar-refractivity contribution >= 4 is 12.1 Å². The molecule has 1 aromatic carbocycles. The Hall–Kier alpha value is -2.44. The second-order valence-corrected chi connectivity index (χ2v) is 5.61. The fourth-order valence-electron chi connectivity index (χ4n) is 1.47. The largest absolute Gasteiger partial charge is 0.492 e. The molecule has 0 aliphatic rings. The zero-order chi connectivity index (χ0) is 17.3. The molecule has 23 heavy (non-hydrogen) atoms. The summed E-state index contributed by atoms with van der Waals surface area (Å²) in [4.78, 5) is 22.4. The number of amides is 1. The Kier molecular flexibility index (Phi) is 7.18. The van der Waals surface area contributed by atoms with Crippen LogP contribution in [0.3, 0.4) is 0 Å². The van der Waals surface area contributed by atoms with Crippen LogP contribution in [-0.2, 0) is 14.3 Å². The smallest absolute Gasteiger partial charge is 0.407 e. The number of carbonyl (C=O) groups is 2. The van der Waals surface area contributed by atoms with Gasteiger partial charge in [-0.3, -0.25) is 0 Å². The highest BCUT2D eigenvalue weighted by molar-refractivity contribution is 5.70. The molecule has 1 amide bonds. The number of benzene rings is 1. The predicted molar refractivity (Wildman–Crippen MR) is 83.7 cm³/mol. The van der Waals surface area contributed by atoms with E-state index in [0.29, 0.717) is 24.7 Å². The van der Waals surface area contributed by atoms with E-state index >= 15 is 0 Å². The molecular weight excluding hydrogens is 302 g/mol. The number of hydrogen-bond acceptors (Lipinski definition) is 6. The van der Waals surface area contributed by atoms with Crippen molar-refractivity contribution in [3.63, 3.8) is 0 Å². The van der Waals surface area contributed by atoms with E-state index in [1.165, 1.54) is 7.11 Å². The third-order valence-corrected chi connectivity index (χ3v) is 2.45. The first-order valence-electron chi connectivity index (χ1n) is 7.19. The van der Waals surface area contributed by atoms with Crippen LogP contribution in [0.15, 0.2) is 24.3 Å². The highest BCUT2D eigenvalue weighted by Gasteiger charge is 2.15. The van der Waals surface area contributed by atoms with Gasteiger partial charge in [-0.15, -0.1) is 0 Å². The summed E-state index contributed by atoms with van der Waals surface area (Å²) >= 11 is 0. The standard InChI is InChI=1S/C16H23NO6/c1-16(2,3)23-15(19)17-9-10-21-12-5-7-13(8-6-12)22-11-14(18)20-4/h5-8H,9-11H2,1-4H3,(H,17,19). The number of ether oxygens (including phenoxy) is 4. The number of hydrogen-bond donors (Lipinski definition) is 1. The molecule has 0 atom stereocenters. The van der Waals surface area contributed by atoms with Crippen LogP contribution in [0.5, 0.6) is 11.5 Å². The predicted octanol–water partition coefficient (Wildman–Crippen LogP) is 2.14. The molecule has 0 spiro atoms. The zero-order valence-electron chi connectivity index (χ0n) is 13.9. The highest BCUT2D eigenvalue weighted by Crippen LogP contribution is 2.17. The first-order chi connectivity index (χ1) is 10.8. The highest BCUT2D eigenvalue weighted by atomic mass is 16.6. The third-order valence-electron chi connectivity index (χ3n) is 2.45. The first kappa shape index (κ1) is 18.6. The van der Waals surface area contributed by atoms with Gasteiger partial charge in [0, 0.05) is 0 Å². The Labute approximate surface area is 135 Å². The lowest BCUT2D eigenvalue weighted by Crippen LogP contribution is -2.34. The Bertz CT molecular complexity index is 506. The van der Waals surface area contributed by atoms with Gasteiger partial charge in [0.2, 0.25) is 0 Å². The zero-order valence-corrected chi connectivity index (χ0v) is 13.9. The first-order valence-corrected chi connectivity index (χ1v) is 7.19. The molecule has 0 aliphatic heterocycles. The van der Waals surface area contributed by atoms with Crippen LogP contribution < -0.4 is 14.8 Å². The van der Waals surface area contributed by atoms with Gasteiger partial charge < -0.3 is 24.3 Å². The average Bonchev–Trinajstić information content (AvgIpc) is 2.48. The fourth-order valence-corrected chi connectivity index (χ4v) is 1.47. The van der Waals surface area contributed by atoms with Crippen LogP contribution in [0, 0.1) is 0 Å². The Morgan fingerprint density at radius 2 is 1.61 bits per heavy atom. The molecule has 7 heteroatoms. The minimum absolute atomic E-state index is 0.142. The van der Waals surface area contributed by atoms with Crippen molar-refractivity contribution in [3.05, 3.63) is 24.3 Å². The molecule has 0 aliphatic carbocycles. The van der Waals surface area contributed by atoms with Gasteiger partial charge in [0.05, 0.1) is 13.7 Å². The maximum absolute atomic E-state index is 11.4. The summed E-state index contributed by atoms with van der Waals surface area (Å²) < 4.78 is 20.3. The van der Waals surface area contributed by atoms with Gasteiger partial charge >= 0.3 is 12.1 Å². The summed E-state index contributed by atoms with van der Waals surface area (Å²) in [5.41, 5.74) is -0.523. The van der Waals surface area contributed by atoms with Crippen molar-refractivity contribution in [3.8, 4) is 11.5 Å². The maximum atomic E-state index is 11.4. The maximum Gasteiger partial charge on any atom is 0.407 e. The van der Waals surface area contributed by atoms with Crippen molar-refractivity contribution in [1.82, 2.24) is 5.32 Å². The second-order valence-electron chi connectivity index (χ2n) is 5.61. The molecule has 1 rings (SSSR count). The summed E-state index contributed by atoms with van der Waals surface area (Å²) in [5, 5.41) is 2.60. The van der Waals surface area contributed by atoms with E-state index in [1.54, 1.807) is 45.0 Å². The Morgan fingerprint density at radius 3 is 2.13 bits per heavy atom. The molecule has 0 radical (unpaired) electrons. The number of nitrogens with one attached hydrogen (secondary N) is 1. The minimum atomic E-state index is -0.523. The molecule has 0 aromatic heterocycles. The van der Waals surface area contributed by atoms with Gasteiger partial charge in [0.25, 0.3) is 0 Å². The van der Waals surface area contributed by atoms with Crippen LogP contribution in [0.4, 0.5) is 4.79 Å². The summed E-state index contributed by atoms with van der Waals surface area (Å²) in [6, 6.07) is 6.78. The van der Waals surface area contributed by atoms with Crippen LogP contribution >= 0.6 is 0 Å². The summed E-state index contributed by atoms with van der Waals surface area (Å²) in [6.45, 7) is 5.89. The van der Waals surface area contributed by atoms with Gasteiger partial charge in [0.1, 0.15) is 23.7 Å². The Morgan fingerprint density at radius 1 is 1.04 bits per heavy atom. The van der Waals surface area contributed by atoms with Crippen LogP contribution in [0.1, 0.15) is 20.8 Å². The lowest BCUT2D eigenvalue weighted by Gasteiger charge is -2.19. The molecule has 0 saturated heterocycles. The van der Waals surface area contributed by atoms with E-state index in [-0.39, 0.29) is 6.61 Å². The summed E-state index contributed by atoms with van der Waals surface area (Å²) in [6.07, 6.45) is -0.479. The van der Waals surface area contributed by atoms with Crippen LogP contribution in [-0.4, -0.2) is 44.5 Å². The van der Waals surface area contributed by atoms with Gasteiger partial charge in [-0.25, -0.2) is 9.59 Å². The minimum Gasteiger partial charge on any atom is -0.492 e. The monoisotopic (exact) mass is 325 g/mol. The van der Waals surface area contributed by atoms with Crippen LogP contribution in [0.25, 0.3) is 0 Å². The molecule has 0 heterocycles. The van der Waals surface area contributed by atoms with E-state index in [2.05, 4.69) is 10.1 Å². The van der Waals surface area contributed by atoms with E-state index in [4.69, 9.17) is 14.2 Å². The quantitative estimate of drug-likeness (QED) is 0.611. The molecule has 128 valence electrons. The molecular formula is C16H23NO6. The van der Waals surface area contributed by atoms with E-state index in [0.717, 1.165) is 0 Å². The van der Waals surface area contributed by atoms with Gasteiger partial charge in [-0.05, 0) is 45.0 Å². The van der Waals surface area contributed by atoms with Gasteiger partial charge in [0.15, 0.2) is 6.61 Å². The van der Waals surface area contributed by atoms with Crippen LogP contribution in [0.2, 0.25) is 0 Å². The van der Waals surface area contributed by atoms with Crippen molar-refractivity contribution in [2.75, 3.05) is 26.9 Å². The normalized spacial score (nSPS) is 10.6. The second kappa shape index (κ2) is 8.87.